The number of benzene rings is 2. The Morgan fingerprint density at radius 1 is 1.17 bits per heavy atom. The summed E-state index contributed by atoms with van der Waals surface area (Å²) >= 11 is 6.08. The van der Waals surface area contributed by atoms with E-state index in [2.05, 4.69) is 6.07 Å². The Morgan fingerprint density at radius 3 is 2.67 bits per heavy atom. The number of para-hydroxylation sites is 1. The summed E-state index contributed by atoms with van der Waals surface area (Å²) in [6.45, 7) is 1.80. The Bertz CT molecular complexity index is 786. The topological polar surface area (TPSA) is 49.8 Å². The number of aliphatic hydroxyl groups excluding tert-OH is 1. The molecule has 124 valence electrons. The quantitative estimate of drug-likeness (QED) is 0.912. The number of halogens is 1. The van der Waals surface area contributed by atoms with Gasteiger partial charge in [0.15, 0.2) is 6.10 Å². The summed E-state index contributed by atoms with van der Waals surface area (Å²) in [6.07, 6.45) is -0.317. The molecule has 1 fully saturated rings. The van der Waals surface area contributed by atoms with Gasteiger partial charge in [-0.1, -0.05) is 48.0 Å². The van der Waals surface area contributed by atoms with Crippen LogP contribution in [0.15, 0.2) is 48.5 Å². The molecule has 1 N–H and O–H groups in total. The summed E-state index contributed by atoms with van der Waals surface area (Å²) in [7, 11) is 0. The predicted molar refractivity (Wildman–Crippen MR) is 91.1 cm³/mol. The minimum Gasteiger partial charge on any atom is -0.493 e. The van der Waals surface area contributed by atoms with Crippen molar-refractivity contribution < 1.29 is 14.6 Å². The molecule has 4 nitrogen and oxygen atoms in total. The summed E-state index contributed by atoms with van der Waals surface area (Å²) in [5, 5.41) is 10.7. The van der Waals surface area contributed by atoms with Crippen molar-refractivity contribution >= 4 is 17.5 Å². The van der Waals surface area contributed by atoms with Gasteiger partial charge in [0.2, 0.25) is 0 Å². The van der Waals surface area contributed by atoms with E-state index in [0.29, 0.717) is 30.3 Å². The van der Waals surface area contributed by atoms with Gasteiger partial charge in [-0.25, -0.2) is 0 Å². The van der Waals surface area contributed by atoms with Gasteiger partial charge in [-0.15, -0.1) is 0 Å². The van der Waals surface area contributed by atoms with Crippen molar-refractivity contribution in [1.82, 2.24) is 4.90 Å². The van der Waals surface area contributed by atoms with Crippen LogP contribution in [0.1, 0.15) is 17.2 Å². The van der Waals surface area contributed by atoms with Gasteiger partial charge in [-0.3, -0.25) is 4.79 Å². The van der Waals surface area contributed by atoms with Crippen LogP contribution in [0.5, 0.6) is 5.75 Å². The lowest BCUT2D eigenvalue weighted by Gasteiger charge is -2.52. The Kier molecular flexibility index (Phi) is 3.74. The Labute approximate surface area is 145 Å². The second-order valence-corrected chi connectivity index (χ2v) is 7.10. The van der Waals surface area contributed by atoms with Crippen LogP contribution >= 0.6 is 11.6 Å². The van der Waals surface area contributed by atoms with Crippen molar-refractivity contribution in [3.8, 4) is 5.75 Å². The van der Waals surface area contributed by atoms with E-state index in [-0.39, 0.29) is 11.3 Å². The molecule has 24 heavy (non-hydrogen) atoms. The number of fused-ring (bicyclic) bond motifs is 1. The molecule has 0 radical (unpaired) electrons. The number of rotatable bonds is 2. The minimum atomic E-state index is -1.21. The molecule has 0 aromatic heterocycles. The number of hydrogen-bond donors (Lipinski definition) is 1. The second-order valence-electron chi connectivity index (χ2n) is 6.69. The fourth-order valence-corrected chi connectivity index (χ4v) is 3.84. The number of hydrogen-bond acceptors (Lipinski definition) is 3. The molecule has 1 amide bonds. The lowest BCUT2D eigenvalue weighted by molar-refractivity contribution is -0.155. The maximum Gasteiger partial charge on any atom is 0.256 e. The van der Waals surface area contributed by atoms with Crippen molar-refractivity contribution in [2.75, 3.05) is 19.7 Å². The number of aliphatic hydroxyl groups is 1. The molecule has 0 aliphatic carbocycles. The first-order chi connectivity index (χ1) is 11.6. The standard InChI is InChI=1S/C19H18ClNO3/c20-15-7-3-2-6-14(15)17(22)18(23)21-10-19(11-21)9-13-5-1-4-8-16(13)24-12-19/h1-8,17,22H,9-12H2. The molecule has 1 spiro atoms. The summed E-state index contributed by atoms with van der Waals surface area (Å²) in [5.41, 5.74) is 1.60. The van der Waals surface area contributed by atoms with E-state index < -0.39 is 6.10 Å². The second kappa shape index (κ2) is 5.80. The fraction of sp³-hybridized carbons (Fsp3) is 0.316. The van der Waals surface area contributed by atoms with Crippen molar-refractivity contribution in [2.45, 2.75) is 12.5 Å². The van der Waals surface area contributed by atoms with Gasteiger partial charge in [-0.2, -0.15) is 0 Å². The minimum absolute atomic E-state index is 0.0375. The summed E-state index contributed by atoms with van der Waals surface area (Å²) < 4.78 is 5.85. The van der Waals surface area contributed by atoms with E-state index >= 15 is 0 Å². The molecule has 5 heteroatoms. The highest BCUT2D eigenvalue weighted by molar-refractivity contribution is 6.31. The highest BCUT2D eigenvalue weighted by Crippen LogP contribution is 2.42. The van der Waals surface area contributed by atoms with E-state index in [0.717, 1.165) is 12.2 Å². The van der Waals surface area contributed by atoms with Gasteiger partial charge in [-0.05, 0) is 24.1 Å². The first-order valence-corrected chi connectivity index (χ1v) is 8.38. The molecule has 0 bridgehead atoms. The summed E-state index contributed by atoms with van der Waals surface area (Å²) in [5.74, 6) is 0.636. The summed E-state index contributed by atoms with van der Waals surface area (Å²) in [4.78, 5) is 14.2. The number of ether oxygens (including phenoxy) is 1. The summed E-state index contributed by atoms with van der Waals surface area (Å²) in [6, 6.07) is 14.9. The van der Waals surface area contributed by atoms with Crippen LogP contribution in [0, 0.1) is 5.41 Å². The van der Waals surface area contributed by atoms with Crippen LogP contribution < -0.4 is 4.74 Å². The Morgan fingerprint density at radius 2 is 1.88 bits per heavy atom. The van der Waals surface area contributed by atoms with Crippen LogP contribution in [-0.4, -0.2) is 35.6 Å². The van der Waals surface area contributed by atoms with E-state index in [1.807, 2.05) is 18.2 Å². The molecule has 2 aliphatic rings. The number of amides is 1. The zero-order valence-corrected chi connectivity index (χ0v) is 13.9. The zero-order valence-electron chi connectivity index (χ0n) is 13.1. The van der Waals surface area contributed by atoms with Gasteiger partial charge in [0, 0.05) is 29.1 Å². The molecular weight excluding hydrogens is 326 g/mol. The Hall–Kier alpha value is -2.04. The molecule has 2 aromatic rings. The van der Waals surface area contributed by atoms with Gasteiger partial charge >= 0.3 is 0 Å². The van der Waals surface area contributed by atoms with Crippen LogP contribution in [0.3, 0.4) is 0 Å². The van der Waals surface area contributed by atoms with E-state index in [1.165, 1.54) is 5.56 Å². The third kappa shape index (κ3) is 2.56. The number of likely N-dealkylation sites (tertiary alicyclic amines) is 1. The van der Waals surface area contributed by atoms with Crippen LogP contribution in [0.2, 0.25) is 5.02 Å². The molecular formula is C19H18ClNO3. The molecule has 2 heterocycles. The van der Waals surface area contributed by atoms with Crippen LogP contribution in [-0.2, 0) is 11.2 Å². The average molecular weight is 344 g/mol. The number of carbonyl (C=O) groups is 1. The molecule has 1 unspecified atom stereocenters. The maximum absolute atomic E-state index is 12.5. The van der Waals surface area contributed by atoms with E-state index in [9.17, 15) is 9.90 Å². The highest BCUT2D eigenvalue weighted by Gasteiger charge is 2.49. The van der Waals surface area contributed by atoms with Gasteiger partial charge in [0.05, 0.1) is 6.61 Å². The van der Waals surface area contributed by atoms with Crippen LogP contribution in [0.25, 0.3) is 0 Å². The lowest BCUT2D eigenvalue weighted by atomic mass is 9.73. The van der Waals surface area contributed by atoms with E-state index in [1.54, 1.807) is 29.2 Å². The maximum atomic E-state index is 12.5. The first kappa shape index (κ1) is 15.5. The molecule has 4 rings (SSSR count). The average Bonchev–Trinajstić information content (AvgIpc) is 2.58. The monoisotopic (exact) mass is 343 g/mol. The zero-order chi connectivity index (χ0) is 16.7. The highest BCUT2D eigenvalue weighted by atomic mass is 35.5. The van der Waals surface area contributed by atoms with Crippen molar-refractivity contribution in [1.29, 1.82) is 0 Å². The van der Waals surface area contributed by atoms with Crippen LogP contribution in [0.4, 0.5) is 0 Å². The molecule has 2 aromatic carbocycles. The van der Waals surface area contributed by atoms with Crippen molar-refractivity contribution in [3.05, 3.63) is 64.7 Å². The smallest absolute Gasteiger partial charge is 0.256 e. The largest absolute Gasteiger partial charge is 0.493 e. The predicted octanol–water partition coefficient (Wildman–Crippen LogP) is 2.84. The van der Waals surface area contributed by atoms with Gasteiger partial charge in [0.25, 0.3) is 5.91 Å². The molecule has 2 aliphatic heterocycles. The Balaban J connectivity index is 1.44. The van der Waals surface area contributed by atoms with Gasteiger partial charge < -0.3 is 14.7 Å². The third-order valence-electron chi connectivity index (χ3n) is 4.87. The van der Waals surface area contributed by atoms with Gasteiger partial charge in [0.1, 0.15) is 5.75 Å². The SMILES string of the molecule is O=C(C(O)c1ccccc1Cl)N1CC2(COc3ccccc3C2)C1. The first-order valence-electron chi connectivity index (χ1n) is 8.00. The molecule has 1 atom stereocenters. The molecule has 0 saturated carbocycles. The lowest BCUT2D eigenvalue weighted by Crippen LogP contribution is -2.63. The molecule has 1 saturated heterocycles. The van der Waals surface area contributed by atoms with Crippen molar-refractivity contribution in [3.63, 3.8) is 0 Å². The van der Waals surface area contributed by atoms with E-state index in [4.69, 9.17) is 16.3 Å². The van der Waals surface area contributed by atoms with Crippen molar-refractivity contribution in [2.24, 2.45) is 5.41 Å². The fourth-order valence-electron chi connectivity index (χ4n) is 3.60. The number of nitrogens with zero attached hydrogens (tertiary/aromatic N) is 1. The number of carbonyl (C=O) groups excluding carboxylic acids is 1. The third-order valence-corrected chi connectivity index (χ3v) is 5.21. The normalized spacial score (nSPS) is 19.2.